The van der Waals surface area contributed by atoms with Crippen LogP contribution in [0.2, 0.25) is 0 Å². The van der Waals surface area contributed by atoms with E-state index in [0.717, 1.165) is 30.8 Å². The van der Waals surface area contributed by atoms with Crippen molar-refractivity contribution < 1.29 is 29.5 Å². The van der Waals surface area contributed by atoms with Crippen molar-refractivity contribution in [2.24, 2.45) is 22.9 Å². The molecule has 35 heavy (non-hydrogen) atoms. The fraction of sp³-hybridized carbons (Fsp3) is 0.739. The quantitative estimate of drug-likeness (QED) is 0.169. The van der Waals surface area contributed by atoms with Crippen LogP contribution in [0.15, 0.2) is 18.2 Å². The van der Waals surface area contributed by atoms with Gasteiger partial charge in [-0.1, -0.05) is 12.1 Å². The predicted molar refractivity (Wildman–Crippen MR) is 131 cm³/mol. The first kappa shape index (κ1) is 26.5. The Bertz CT molecular complexity index is 834. The zero-order chi connectivity index (χ0) is 25.1. The Morgan fingerprint density at radius 2 is 1.86 bits per heavy atom. The largest absolute Gasteiger partial charge is 0.389 e. The molecule has 1 aromatic carbocycles. The summed E-state index contributed by atoms with van der Waals surface area (Å²) in [6.07, 6.45) is -4.67. The molecule has 2 aliphatic heterocycles. The third kappa shape index (κ3) is 5.72. The lowest BCUT2D eigenvalue weighted by molar-refractivity contribution is -0.290. The smallest absolute Gasteiger partial charge is 0.176 e. The summed E-state index contributed by atoms with van der Waals surface area (Å²) in [6, 6.07) is 3.97. The Balaban J connectivity index is 1.39. The predicted octanol–water partition coefficient (Wildman–Crippen LogP) is -2.62. The monoisotopic (exact) mass is 496 g/mol. The van der Waals surface area contributed by atoms with Crippen molar-refractivity contribution in [1.82, 2.24) is 0 Å². The van der Waals surface area contributed by atoms with Crippen molar-refractivity contribution >= 4 is 11.4 Å². The van der Waals surface area contributed by atoms with Crippen molar-refractivity contribution in [3.63, 3.8) is 0 Å². The molecule has 198 valence electrons. The number of ether oxygens (including phenoxy) is 3. The Morgan fingerprint density at radius 1 is 1.06 bits per heavy atom. The maximum Gasteiger partial charge on any atom is 0.176 e. The summed E-state index contributed by atoms with van der Waals surface area (Å²) in [5.41, 5.74) is 27.5. The Morgan fingerprint density at radius 3 is 2.63 bits per heavy atom. The van der Waals surface area contributed by atoms with E-state index in [-0.39, 0.29) is 13.2 Å². The van der Waals surface area contributed by atoms with Gasteiger partial charge in [0.2, 0.25) is 0 Å². The summed E-state index contributed by atoms with van der Waals surface area (Å²) in [6.45, 7) is 1.65. The molecule has 4 rings (SSSR count). The van der Waals surface area contributed by atoms with Crippen molar-refractivity contribution in [3.8, 4) is 0 Å². The molecule has 1 aliphatic carbocycles. The average Bonchev–Trinajstić information content (AvgIpc) is 2.86. The van der Waals surface area contributed by atoms with E-state index >= 15 is 0 Å². The molecule has 12 nitrogen and oxygen atoms in total. The molecule has 0 spiro atoms. The number of fused-ring (bicyclic) bond motifs is 1. The van der Waals surface area contributed by atoms with Crippen LogP contribution >= 0.6 is 0 Å². The van der Waals surface area contributed by atoms with Gasteiger partial charge in [0.1, 0.15) is 30.5 Å². The average molecular weight is 497 g/mol. The number of hydrogen-bond acceptors (Lipinski definition) is 12. The summed E-state index contributed by atoms with van der Waals surface area (Å²) in [5.74, 6) is 0. The summed E-state index contributed by atoms with van der Waals surface area (Å²) in [4.78, 5) is 0. The van der Waals surface area contributed by atoms with Gasteiger partial charge in [0.25, 0.3) is 0 Å². The number of nitrogens with one attached hydrogen (secondary N) is 2. The van der Waals surface area contributed by atoms with Crippen LogP contribution in [0.1, 0.15) is 18.4 Å². The molecule has 1 saturated carbocycles. The van der Waals surface area contributed by atoms with Crippen LogP contribution in [0.25, 0.3) is 0 Å². The van der Waals surface area contributed by atoms with Crippen molar-refractivity contribution in [2.75, 3.05) is 36.9 Å². The molecular weight excluding hydrogens is 456 g/mol. The van der Waals surface area contributed by atoms with Crippen LogP contribution in [0.3, 0.4) is 0 Å². The highest BCUT2D eigenvalue weighted by molar-refractivity contribution is 5.73. The van der Waals surface area contributed by atoms with Gasteiger partial charge < -0.3 is 63.1 Å². The molecule has 2 fully saturated rings. The Hall–Kier alpha value is -1.58. The molecule has 0 radical (unpaired) electrons. The Kier molecular flexibility index (Phi) is 8.81. The molecule has 2 heterocycles. The van der Waals surface area contributed by atoms with Crippen LogP contribution in [-0.2, 0) is 20.6 Å². The minimum Gasteiger partial charge on any atom is -0.389 e. The second-order valence-corrected chi connectivity index (χ2v) is 9.62. The SMILES string of the molecule is NC[C@H]1O[C@H](O[C@H]2[C@H](OCCNc3cccc4c3NCCC4)[C@@H](O)[C@H](N)C[C@@H]2N)[C@H](N)[C@@H](O)[C@@H]1O. The normalized spacial score (nSPS) is 39.5. The first-order valence-electron chi connectivity index (χ1n) is 12.3. The molecule has 0 bridgehead atoms. The molecular formula is C23H40N6O6. The van der Waals surface area contributed by atoms with Gasteiger partial charge in [-0.15, -0.1) is 0 Å². The number of benzene rings is 1. The lowest BCUT2D eigenvalue weighted by Crippen LogP contribution is -2.67. The van der Waals surface area contributed by atoms with Gasteiger partial charge in [0.15, 0.2) is 6.29 Å². The van der Waals surface area contributed by atoms with Gasteiger partial charge in [-0.2, -0.15) is 0 Å². The van der Waals surface area contributed by atoms with Crippen LogP contribution in [-0.4, -0.2) is 103 Å². The third-order valence-corrected chi connectivity index (χ3v) is 7.14. The van der Waals surface area contributed by atoms with Crippen molar-refractivity contribution in [2.45, 2.75) is 80.3 Å². The van der Waals surface area contributed by atoms with E-state index in [1.165, 1.54) is 5.56 Å². The van der Waals surface area contributed by atoms with Gasteiger partial charge >= 0.3 is 0 Å². The van der Waals surface area contributed by atoms with Gasteiger partial charge in [0, 0.05) is 31.7 Å². The van der Waals surface area contributed by atoms with Gasteiger partial charge in [-0.3, -0.25) is 0 Å². The third-order valence-electron chi connectivity index (χ3n) is 7.14. The Labute approximate surface area is 205 Å². The summed E-state index contributed by atoms with van der Waals surface area (Å²) in [5, 5.41) is 38.0. The van der Waals surface area contributed by atoms with Gasteiger partial charge in [-0.25, -0.2) is 0 Å². The first-order chi connectivity index (χ1) is 16.8. The number of para-hydroxylation sites is 1. The number of nitrogens with two attached hydrogens (primary N) is 4. The number of aryl methyl sites for hydroxylation is 1. The molecule has 1 saturated heterocycles. The van der Waals surface area contributed by atoms with Crippen LogP contribution in [0.4, 0.5) is 11.4 Å². The topological polar surface area (TPSA) is 217 Å². The molecule has 0 amide bonds. The maximum absolute atomic E-state index is 10.8. The van der Waals surface area contributed by atoms with E-state index in [1.54, 1.807) is 0 Å². The minimum atomic E-state index is -1.29. The molecule has 1 aromatic rings. The number of aliphatic hydroxyl groups is 3. The molecule has 10 atom stereocenters. The zero-order valence-electron chi connectivity index (χ0n) is 19.8. The molecule has 0 aromatic heterocycles. The second-order valence-electron chi connectivity index (χ2n) is 9.62. The fourth-order valence-electron chi connectivity index (χ4n) is 5.10. The molecule has 0 unspecified atom stereocenters. The van der Waals surface area contributed by atoms with E-state index in [1.807, 2.05) is 12.1 Å². The number of anilines is 2. The van der Waals surface area contributed by atoms with Crippen molar-refractivity contribution in [1.29, 1.82) is 0 Å². The number of rotatable bonds is 8. The van der Waals surface area contributed by atoms with Crippen LogP contribution in [0, 0.1) is 0 Å². The summed E-state index contributed by atoms with van der Waals surface area (Å²) < 4.78 is 17.8. The summed E-state index contributed by atoms with van der Waals surface area (Å²) >= 11 is 0. The second kappa shape index (κ2) is 11.6. The maximum atomic E-state index is 10.8. The lowest BCUT2D eigenvalue weighted by Gasteiger charge is -2.46. The van der Waals surface area contributed by atoms with E-state index in [9.17, 15) is 15.3 Å². The highest BCUT2D eigenvalue weighted by atomic mass is 16.7. The minimum absolute atomic E-state index is 0.0291. The highest BCUT2D eigenvalue weighted by Gasteiger charge is 2.48. The van der Waals surface area contributed by atoms with E-state index in [0.29, 0.717) is 13.0 Å². The van der Waals surface area contributed by atoms with E-state index < -0.39 is 61.0 Å². The summed E-state index contributed by atoms with van der Waals surface area (Å²) in [7, 11) is 0. The van der Waals surface area contributed by atoms with Crippen molar-refractivity contribution in [3.05, 3.63) is 23.8 Å². The molecule has 12 heteroatoms. The molecule has 13 N–H and O–H groups in total. The number of aliphatic hydroxyl groups excluding tert-OH is 3. The zero-order valence-corrected chi connectivity index (χ0v) is 19.8. The standard InChI is InChI=1S/C23H40N6O6/c24-10-15-19(31)20(32)16(27)23(34-15)35-21-13(26)9-12(25)18(30)22(21)33-8-7-28-14-5-1-3-11-4-2-6-29-17(11)14/h1,3,5,12-13,15-16,18-23,28-32H,2,4,6-10,24-27H2/t12-,13+,15-,16-,18+,19-,20-,21-,22-,23-/m1/s1. The van der Waals surface area contributed by atoms with E-state index in [4.69, 9.17) is 37.1 Å². The molecule has 3 aliphatic rings. The van der Waals surface area contributed by atoms with E-state index in [2.05, 4.69) is 16.7 Å². The fourth-order valence-corrected chi connectivity index (χ4v) is 5.10. The lowest BCUT2D eigenvalue weighted by atomic mass is 9.84. The van der Waals surface area contributed by atoms with Crippen LogP contribution < -0.4 is 33.6 Å². The number of hydrogen-bond donors (Lipinski definition) is 9. The first-order valence-corrected chi connectivity index (χ1v) is 12.3. The van der Waals surface area contributed by atoms with Gasteiger partial charge in [0.05, 0.1) is 30.1 Å². The highest BCUT2D eigenvalue weighted by Crippen LogP contribution is 2.31. The van der Waals surface area contributed by atoms with Crippen LogP contribution in [0.5, 0.6) is 0 Å². The van der Waals surface area contributed by atoms with Gasteiger partial charge in [-0.05, 0) is 30.9 Å².